The number of halogens is 2. The molecule has 3 heterocycles. The van der Waals surface area contributed by atoms with Crippen LogP contribution in [0.3, 0.4) is 0 Å². The number of hydrogen-bond acceptors (Lipinski definition) is 3. The van der Waals surface area contributed by atoms with Crippen molar-refractivity contribution in [1.82, 2.24) is 9.97 Å². The molecule has 25 heavy (non-hydrogen) atoms. The molecule has 1 aliphatic heterocycles. The smallest absolute Gasteiger partial charge is 0.238 e. The molecule has 0 bridgehead atoms. The Morgan fingerprint density at radius 1 is 1.04 bits per heavy atom. The lowest BCUT2D eigenvalue weighted by Gasteiger charge is -2.35. The van der Waals surface area contributed by atoms with E-state index < -0.39 is 0 Å². The van der Waals surface area contributed by atoms with E-state index in [0.717, 1.165) is 12.5 Å². The summed E-state index contributed by atoms with van der Waals surface area (Å²) in [7, 11) is 0. The fourth-order valence-electron chi connectivity index (χ4n) is 4.39. The molecule has 2 aromatic heterocycles. The van der Waals surface area contributed by atoms with E-state index >= 15 is 0 Å². The molecule has 2 aromatic rings. The highest BCUT2D eigenvalue weighted by molar-refractivity contribution is 7.18. The Morgan fingerprint density at radius 2 is 1.76 bits per heavy atom. The van der Waals surface area contributed by atoms with E-state index in [9.17, 15) is 0 Å². The summed E-state index contributed by atoms with van der Waals surface area (Å²) in [6, 6.07) is 3.26. The minimum atomic E-state index is 0. The van der Waals surface area contributed by atoms with Gasteiger partial charge in [-0.05, 0) is 38.2 Å². The molecule has 140 valence electrons. The minimum Gasteiger partial charge on any atom is -1.00 e. The van der Waals surface area contributed by atoms with Crippen molar-refractivity contribution >= 4 is 27.4 Å². The Kier molecular flexibility index (Phi) is 7.90. The number of aromatic nitrogens is 2. The number of rotatable bonds is 3. The van der Waals surface area contributed by atoms with Crippen LogP contribution in [0.5, 0.6) is 0 Å². The molecule has 1 saturated carbocycles. The van der Waals surface area contributed by atoms with E-state index in [1.807, 2.05) is 16.2 Å². The average Bonchev–Trinajstić information content (AvgIpc) is 3.06. The lowest BCUT2D eigenvalue weighted by atomic mass is 9.94. The molecule has 2 fully saturated rings. The van der Waals surface area contributed by atoms with Crippen LogP contribution in [0.1, 0.15) is 43.9 Å². The second kappa shape index (κ2) is 9.47. The Labute approximate surface area is 166 Å². The van der Waals surface area contributed by atoms with Gasteiger partial charge in [0.2, 0.25) is 5.82 Å². The van der Waals surface area contributed by atoms with E-state index in [1.54, 1.807) is 11.2 Å². The van der Waals surface area contributed by atoms with Crippen LogP contribution in [0.25, 0.3) is 10.2 Å². The summed E-state index contributed by atoms with van der Waals surface area (Å²) in [5.74, 6) is 1.24. The molecule has 0 amide bonds. The number of fused-ring (bicyclic) bond motifs is 1. The van der Waals surface area contributed by atoms with Gasteiger partial charge in [0.1, 0.15) is 37.3 Å². The highest BCUT2D eigenvalue weighted by Crippen LogP contribution is 2.26. The third-order valence-electron chi connectivity index (χ3n) is 5.74. The van der Waals surface area contributed by atoms with Crippen LogP contribution in [0.4, 0.5) is 5.82 Å². The predicted molar refractivity (Wildman–Crippen MR) is 94.7 cm³/mol. The maximum atomic E-state index is 4.67. The van der Waals surface area contributed by atoms with E-state index in [2.05, 4.69) is 23.0 Å². The second-order valence-corrected chi connectivity index (χ2v) is 8.22. The first-order valence-corrected chi connectivity index (χ1v) is 10.1. The minimum absolute atomic E-state index is 0. The largest absolute Gasteiger partial charge is 1.00 e. The lowest BCUT2D eigenvalue weighted by Crippen LogP contribution is -3.28. The summed E-state index contributed by atoms with van der Waals surface area (Å²) in [4.78, 5) is 15.2. The molecule has 4 nitrogen and oxygen atoms in total. The number of hydrogen-bond donors (Lipinski definition) is 2. The molecule has 0 radical (unpaired) electrons. The highest BCUT2D eigenvalue weighted by atomic mass is 35.5. The van der Waals surface area contributed by atoms with Gasteiger partial charge in [0.15, 0.2) is 0 Å². The summed E-state index contributed by atoms with van der Waals surface area (Å²) < 4.78 is 0. The molecular formula is C18H28Cl2N4S. The topological polar surface area (TPSA) is 34.7 Å². The van der Waals surface area contributed by atoms with Gasteiger partial charge in [0.05, 0.1) is 11.4 Å². The Morgan fingerprint density at radius 3 is 2.44 bits per heavy atom. The summed E-state index contributed by atoms with van der Waals surface area (Å²) in [6.45, 7) is 7.26. The Bertz CT molecular complexity index is 664. The lowest BCUT2D eigenvalue weighted by molar-refractivity contribution is -1.00. The Hall–Kier alpha value is -0.460. The van der Waals surface area contributed by atoms with Crippen LogP contribution in [0, 0.1) is 0 Å². The van der Waals surface area contributed by atoms with Crippen molar-refractivity contribution in [2.75, 3.05) is 26.2 Å². The van der Waals surface area contributed by atoms with Crippen molar-refractivity contribution in [2.24, 2.45) is 0 Å². The summed E-state index contributed by atoms with van der Waals surface area (Å²) in [5.41, 5.74) is 0. The number of thiophene rings is 1. The second-order valence-electron chi connectivity index (χ2n) is 7.10. The summed E-state index contributed by atoms with van der Waals surface area (Å²) in [5, 5.41) is 1.30. The first-order valence-electron chi connectivity index (χ1n) is 9.28. The molecule has 4 rings (SSSR count). The fraction of sp³-hybridized carbons (Fsp3) is 0.667. The molecular weight excluding hydrogens is 375 g/mol. The van der Waals surface area contributed by atoms with Gasteiger partial charge in [-0.25, -0.2) is 4.98 Å². The molecule has 2 N–H and O–H groups in total. The number of quaternary nitrogens is 2. The van der Waals surface area contributed by atoms with Crippen LogP contribution in [-0.2, 0) is 6.42 Å². The SMILES string of the molecule is CCc1cc2c([NH+]3CC[NH+](C4CCCCC4)CC3)ncnc2s1.[Cl-].[Cl-]. The van der Waals surface area contributed by atoms with E-state index in [-0.39, 0.29) is 24.8 Å². The Balaban J connectivity index is 0.00000113. The van der Waals surface area contributed by atoms with Gasteiger partial charge in [-0.3, -0.25) is 4.90 Å². The number of nitrogens with one attached hydrogen (secondary N) is 2. The molecule has 1 aliphatic carbocycles. The van der Waals surface area contributed by atoms with E-state index in [4.69, 9.17) is 0 Å². The van der Waals surface area contributed by atoms with Crippen molar-refractivity contribution in [3.63, 3.8) is 0 Å². The van der Waals surface area contributed by atoms with Crippen LogP contribution in [-0.4, -0.2) is 42.2 Å². The standard InChI is InChI=1S/C18H26N4S.2ClH/c1-2-15-12-16-17(19-13-20-18(16)23-15)22-10-8-21(9-11-22)14-6-4-3-5-7-14;;/h12-14H,2-11H2,1H3;2*1H. The number of piperazine rings is 1. The predicted octanol–water partition coefficient (Wildman–Crippen LogP) is -4.99. The van der Waals surface area contributed by atoms with Gasteiger partial charge in [0, 0.05) is 4.88 Å². The van der Waals surface area contributed by atoms with Gasteiger partial charge >= 0.3 is 0 Å². The first kappa shape index (κ1) is 20.8. The van der Waals surface area contributed by atoms with Crippen molar-refractivity contribution < 1.29 is 34.6 Å². The maximum Gasteiger partial charge on any atom is 0.238 e. The summed E-state index contributed by atoms with van der Waals surface area (Å²) >= 11 is 1.83. The molecule has 1 saturated heterocycles. The van der Waals surface area contributed by atoms with Crippen molar-refractivity contribution in [2.45, 2.75) is 51.5 Å². The van der Waals surface area contributed by atoms with Crippen molar-refractivity contribution in [3.8, 4) is 0 Å². The zero-order chi connectivity index (χ0) is 15.6. The van der Waals surface area contributed by atoms with Crippen molar-refractivity contribution in [1.29, 1.82) is 0 Å². The molecule has 7 heteroatoms. The molecule has 0 atom stereocenters. The van der Waals surface area contributed by atoms with Crippen LogP contribution in [0.2, 0.25) is 0 Å². The summed E-state index contributed by atoms with van der Waals surface area (Å²) in [6.07, 6.45) is 10.1. The number of nitrogens with zero attached hydrogens (tertiary/aromatic N) is 2. The van der Waals surface area contributed by atoms with Gasteiger partial charge < -0.3 is 29.7 Å². The third-order valence-corrected chi connectivity index (χ3v) is 6.93. The molecule has 0 aromatic carbocycles. The van der Waals surface area contributed by atoms with Gasteiger partial charge in [-0.15, -0.1) is 11.3 Å². The zero-order valence-electron chi connectivity index (χ0n) is 14.9. The van der Waals surface area contributed by atoms with Crippen LogP contribution < -0.4 is 34.6 Å². The fourth-order valence-corrected chi connectivity index (χ4v) is 5.33. The van der Waals surface area contributed by atoms with E-state index in [1.165, 1.54) is 79.2 Å². The van der Waals surface area contributed by atoms with Gasteiger partial charge in [-0.2, -0.15) is 4.98 Å². The monoisotopic (exact) mass is 402 g/mol. The third kappa shape index (κ3) is 4.45. The van der Waals surface area contributed by atoms with Crippen LogP contribution >= 0.6 is 11.3 Å². The average molecular weight is 403 g/mol. The van der Waals surface area contributed by atoms with Crippen molar-refractivity contribution in [3.05, 3.63) is 17.3 Å². The first-order chi connectivity index (χ1) is 11.3. The highest BCUT2D eigenvalue weighted by Gasteiger charge is 2.32. The van der Waals surface area contributed by atoms with Gasteiger partial charge in [-0.1, -0.05) is 13.3 Å². The molecule has 2 aliphatic rings. The maximum absolute atomic E-state index is 4.67. The van der Waals surface area contributed by atoms with Crippen LogP contribution in [0.15, 0.2) is 12.4 Å². The number of aryl methyl sites for hydroxylation is 1. The quantitative estimate of drug-likeness (QED) is 0.539. The molecule has 0 spiro atoms. The zero-order valence-corrected chi connectivity index (χ0v) is 17.2. The van der Waals surface area contributed by atoms with E-state index in [0.29, 0.717) is 0 Å². The normalized spacial score (nSPS) is 24.5. The molecule has 0 unspecified atom stereocenters. The van der Waals surface area contributed by atoms with Gasteiger partial charge in [0.25, 0.3) is 0 Å².